The minimum atomic E-state index is -0.135. The summed E-state index contributed by atoms with van der Waals surface area (Å²) in [5.41, 5.74) is 3.06. The van der Waals surface area contributed by atoms with Gasteiger partial charge in [0.05, 0.1) is 11.1 Å². The Morgan fingerprint density at radius 2 is 2.13 bits per heavy atom. The van der Waals surface area contributed by atoms with Crippen molar-refractivity contribution < 1.29 is 14.6 Å². The second kappa shape index (κ2) is 6.52. The predicted molar refractivity (Wildman–Crippen MR) is 103 cm³/mol. The van der Waals surface area contributed by atoms with Crippen molar-refractivity contribution in [3.05, 3.63) is 49.5 Å². The first-order valence-corrected chi connectivity index (χ1v) is 8.85. The van der Waals surface area contributed by atoms with Crippen molar-refractivity contribution in [2.45, 2.75) is 6.92 Å². The Bertz CT molecular complexity index is 833. The second-order valence-corrected chi connectivity index (χ2v) is 7.08. The summed E-state index contributed by atoms with van der Waals surface area (Å²) >= 11 is 5.53. The molecule has 1 amide bonds. The third-order valence-corrected chi connectivity index (χ3v) is 4.70. The van der Waals surface area contributed by atoms with E-state index >= 15 is 0 Å². The van der Waals surface area contributed by atoms with Crippen LogP contribution in [0, 0.1) is 3.57 Å². The van der Waals surface area contributed by atoms with Gasteiger partial charge in [0.1, 0.15) is 0 Å². The molecule has 0 unspecified atom stereocenters. The van der Waals surface area contributed by atoms with Gasteiger partial charge in [0.25, 0.3) is 5.91 Å². The maximum absolute atomic E-state index is 12.2. The first kappa shape index (κ1) is 16.3. The summed E-state index contributed by atoms with van der Waals surface area (Å²) < 4.78 is 7.01. The molecular weight excluding hydrogens is 473 g/mol. The molecule has 118 valence electrons. The molecular formula is C17H13BrINO3. The van der Waals surface area contributed by atoms with Crippen molar-refractivity contribution in [1.29, 1.82) is 0 Å². The van der Waals surface area contributed by atoms with Crippen LogP contribution in [0.2, 0.25) is 0 Å². The standard InChI is InChI=1S/C17H13BrINO3/c1-2-23-15-7-9(6-13(18)16(15)21)5-12-11-8-10(19)3-4-14(11)20-17(12)22/h3-8,21H,2H2,1H3,(H,20,22). The number of rotatable bonds is 3. The molecule has 0 aromatic heterocycles. The highest BCUT2D eigenvalue weighted by Gasteiger charge is 2.24. The van der Waals surface area contributed by atoms with E-state index in [0.29, 0.717) is 22.4 Å². The van der Waals surface area contributed by atoms with Gasteiger partial charge in [0, 0.05) is 20.4 Å². The zero-order chi connectivity index (χ0) is 16.6. The lowest BCUT2D eigenvalue weighted by atomic mass is 10.0. The highest BCUT2D eigenvalue weighted by atomic mass is 127. The topological polar surface area (TPSA) is 58.6 Å². The first-order chi connectivity index (χ1) is 11.0. The number of phenols is 1. The largest absolute Gasteiger partial charge is 0.503 e. The number of fused-ring (bicyclic) bond motifs is 1. The van der Waals surface area contributed by atoms with Crippen molar-refractivity contribution in [3.8, 4) is 11.5 Å². The van der Waals surface area contributed by atoms with Crippen LogP contribution in [-0.2, 0) is 4.79 Å². The Labute approximate surface area is 155 Å². The third kappa shape index (κ3) is 3.23. The van der Waals surface area contributed by atoms with Gasteiger partial charge in [-0.25, -0.2) is 0 Å². The van der Waals surface area contributed by atoms with Gasteiger partial charge in [-0.3, -0.25) is 4.79 Å². The maximum Gasteiger partial charge on any atom is 0.256 e. The van der Waals surface area contributed by atoms with Crippen LogP contribution >= 0.6 is 38.5 Å². The molecule has 0 spiro atoms. The quantitative estimate of drug-likeness (QED) is 0.491. The molecule has 0 aliphatic carbocycles. The van der Waals surface area contributed by atoms with Crippen LogP contribution in [0.5, 0.6) is 11.5 Å². The molecule has 0 radical (unpaired) electrons. The van der Waals surface area contributed by atoms with Gasteiger partial charge >= 0.3 is 0 Å². The fraction of sp³-hybridized carbons (Fsp3) is 0.118. The van der Waals surface area contributed by atoms with E-state index in [-0.39, 0.29) is 11.7 Å². The summed E-state index contributed by atoms with van der Waals surface area (Å²) in [6.07, 6.45) is 1.80. The zero-order valence-corrected chi connectivity index (χ0v) is 15.9. The van der Waals surface area contributed by atoms with Gasteiger partial charge in [-0.1, -0.05) is 0 Å². The number of hydrogen-bond acceptors (Lipinski definition) is 3. The van der Waals surface area contributed by atoms with Gasteiger partial charge in [-0.15, -0.1) is 0 Å². The molecule has 0 saturated heterocycles. The average Bonchev–Trinajstić information content (AvgIpc) is 2.80. The summed E-state index contributed by atoms with van der Waals surface area (Å²) in [5.74, 6) is 0.305. The van der Waals surface area contributed by atoms with E-state index in [1.807, 2.05) is 25.1 Å². The number of carbonyl (C=O) groups is 1. The van der Waals surface area contributed by atoms with Crippen LogP contribution in [0.3, 0.4) is 0 Å². The highest BCUT2D eigenvalue weighted by Crippen LogP contribution is 2.38. The second-order valence-electron chi connectivity index (χ2n) is 4.98. The van der Waals surface area contributed by atoms with Crippen molar-refractivity contribution in [3.63, 3.8) is 0 Å². The van der Waals surface area contributed by atoms with Crippen molar-refractivity contribution in [2.75, 3.05) is 11.9 Å². The number of hydrogen-bond donors (Lipinski definition) is 2. The number of anilines is 1. The third-order valence-electron chi connectivity index (χ3n) is 3.43. The SMILES string of the molecule is CCOc1cc(C=C2C(=O)Nc3ccc(I)cc32)cc(Br)c1O. The highest BCUT2D eigenvalue weighted by molar-refractivity contribution is 14.1. The van der Waals surface area contributed by atoms with Crippen LogP contribution < -0.4 is 10.1 Å². The Hall–Kier alpha value is -1.54. The summed E-state index contributed by atoms with van der Waals surface area (Å²) in [6, 6.07) is 9.29. The Morgan fingerprint density at radius 3 is 2.87 bits per heavy atom. The maximum atomic E-state index is 12.2. The lowest BCUT2D eigenvalue weighted by Crippen LogP contribution is -2.03. The van der Waals surface area contributed by atoms with Gasteiger partial charge in [0.2, 0.25) is 0 Å². The molecule has 1 aliphatic heterocycles. The molecule has 2 aromatic rings. The van der Waals surface area contributed by atoms with E-state index in [2.05, 4.69) is 43.8 Å². The fourth-order valence-electron chi connectivity index (χ4n) is 2.41. The summed E-state index contributed by atoms with van der Waals surface area (Å²) in [6.45, 7) is 2.29. The molecule has 23 heavy (non-hydrogen) atoms. The number of ether oxygens (including phenoxy) is 1. The number of benzene rings is 2. The van der Waals surface area contributed by atoms with Gasteiger partial charge < -0.3 is 15.2 Å². The van der Waals surface area contributed by atoms with Gasteiger partial charge in [0.15, 0.2) is 11.5 Å². The molecule has 1 aliphatic rings. The Morgan fingerprint density at radius 1 is 1.35 bits per heavy atom. The lowest BCUT2D eigenvalue weighted by Gasteiger charge is -2.09. The summed E-state index contributed by atoms with van der Waals surface area (Å²) in [4.78, 5) is 12.2. The summed E-state index contributed by atoms with van der Waals surface area (Å²) in [7, 11) is 0. The molecule has 4 nitrogen and oxygen atoms in total. The van der Waals surface area contributed by atoms with Crippen LogP contribution in [0.1, 0.15) is 18.1 Å². The number of aromatic hydroxyl groups is 1. The van der Waals surface area contributed by atoms with Crippen LogP contribution in [0.25, 0.3) is 11.6 Å². The monoisotopic (exact) mass is 485 g/mol. The molecule has 0 saturated carbocycles. The molecule has 2 N–H and O–H groups in total. The van der Waals surface area contributed by atoms with E-state index in [4.69, 9.17) is 4.74 Å². The molecule has 0 atom stereocenters. The molecule has 1 heterocycles. The number of nitrogens with one attached hydrogen (secondary N) is 1. The van der Waals surface area contributed by atoms with Gasteiger partial charge in [-0.2, -0.15) is 0 Å². The summed E-state index contributed by atoms with van der Waals surface area (Å²) in [5, 5.41) is 12.8. The molecule has 6 heteroatoms. The number of halogens is 2. The number of amides is 1. The number of phenolic OH excluding ortho intramolecular Hbond substituents is 1. The van der Waals surface area contributed by atoms with Crippen molar-refractivity contribution in [1.82, 2.24) is 0 Å². The molecule has 2 aromatic carbocycles. The van der Waals surface area contributed by atoms with Crippen LogP contribution in [-0.4, -0.2) is 17.6 Å². The van der Waals surface area contributed by atoms with Gasteiger partial charge in [-0.05, 0) is 87.4 Å². The van der Waals surface area contributed by atoms with Crippen LogP contribution in [0.15, 0.2) is 34.8 Å². The normalized spacial score (nSPS) is 14.7. The lowest BCUT2D eigenvalue weighted by molar-refractivity contribution is -0.110. The molecule has 0 bridgehead atoms. The van der Waals surface area contributed by atoms with E-state index < -0.39 is 0 Å². The molecule has 0 fully saturated rings. The minimum Gasteiger partial charge on any atom is -0.503 e. The van der Waals surface area contributed by atoms with E-state index in [9.17, 15) is 9.90 Å². The number of carbonyl (C=O) groups excluding carboxylic acids is 1. The smallest absolute Gasteiger partial charge is 0.256 e. The van der Waals surface area contributed by atoms with Crippen molar-refractivity contribution >= 4 is 61.8 Å². The average molecular weight is 486 g/mol. The van der Waals surface area contributed by atoms with E-state index in [0.717, 1.165) is 20.4 Å². The van der Waals surface area contributed by atoms with Crippen LogP contribution in [0.4, 0.5) is 5.69 Å². The minimum absolute atomic E-state index is 0.0554. The fourth-order valence-corrected chi connectivity index (χ4v) is 3.36. The van der Waals surface area contributed by atoms with Crippen molar-refractivity contribution in [2.24, 2.45) is 0 Å². The zero-order valence-electron chi connectivity index (χ0n) is 12.2. The predicted octanol–water partition coefficient (Wildman–Crippen LogP) is 4.65. The first-order valence-electron chi connectivity index (χ1n) is 6.98. The Balaban J connectivity index is 2.09. The molecule has 3 rings (SSSR count). The van der Waals surface area contributed by atoms with E-state index in [1.165, 1.54) is 0 Å². The Kier molecular flexibility index (Phi) is 4.63. The van der Waals surface area contributed by atoms with E-state index in [1.54, 1.807) is 18.2 Å².